The minimum absolute atomic E-state index is 0.456. The lowest BCUT2D eigenvalue weighted by Crippen LogP contribution is -2.22. The molecule has 2 aromatic rings. The fraction of sp³-hybridized carbons (Fsp3) is 0.500. The molecule has 1 N–H and O–H groups in total. The summed E-state index contributed by atoms with van der Waals surface area (Å²) in [5.74, 6) is 3.32. The van der Waals surface area contributed by atoms with E-state index >= 15 is 0 Å². The largest absolute Gasteiger partial charge is 0.442 e. The molecule has 5 heteroatoms. The van der Waals surface area contributed by atoms with Gasteiger partial charge in [-0.15, -0.1) is 11.3 Å². The number of aromatic nitrogens is 1. The lowest BCUT2D eigenvalue weighted by atomic mass is 10.2. The normalized spacial score (nSPS) is 14.9. The summed E-state index contributed by atoms with van der Waals surface area (Å²) in [7, 11) is 0. The molecular weight excluding hydrogens is 276 g/mol. The molecule has 0 spiro atoms. The van der Waals surface area contributed by atoms with E-state index in [0.717, 1.165) is 23.8 Å². The van der Waals surface area contributed by atoms with Gasteiger partial charge in [-0.2, -0.15) is 11.8 Å². The smallest absolute Gasteiger partial charge is 0.181 e. The zero-order chi connectivity index (χ0) is 13.2. The number of hydrogen-bond donors (Lipinski definition) is 1. The Morgan fingerprint density at radius 2 is 2.37 bits per heavy atom. The molecule has 3 nitrogen and oxygen atoms in total. The highest BCUT2D eigenvalue weighted by Gasteiger charge is 2.18. The van der Waals surface area contributed by atoms with Crippen LogP contribution < -0.4 is 5.32 Å². The topological polar surface area (TPSA) is 38.1 Å². The van der Waals surface area contributed by atoms with Crippen molar-refractivity contribution in [2.75, 3.05) is 5.75 Å². The van der Waals surface area contributed by atoms with Crippen molar-refractivity contribution in [2.24, 2.45) is 0 Å². The molecule has 2 aromatic heterocycles. The Hall–Kier alpha value is -0.780. The van der Waals surface area contributed by atoms with E-state index < -0.39 is 0 Å². The summed E-state index contributed by atoms with van der Waals surface area (Å²) >= 11 is 3.88. The summed E-state index contributed by atoms with van der Waals surface area (Å²) < 4.78 is 5.61. The number of nitrogens with zero attached hydrogens (tertiary/aromatic N) is 1. The third kappa shape index (κ3) is 2.88. The molecule has 3 heterocycles. The SMILES string of the molecule is CC(C)NCc1ncoc1-c1cc2c(s1)CCSC2. The van der Waals surface area contributed by atoms with Crippen LogP contribution >= 0.6 is 23.1 Å². The van der Waals surface area contributed by atoms with Crippen LogP contribution in [-0.4, -0.2) is 16.8 Å². The number of hydrogen-bond acceptors (Lipinski definition) is 5. The average molecular weight is 294 g/mol. The van der Waals surface area contributed by atoms with Crippen LogP contribution in [0.2, 0.25) is 0 Å². The second kappa shape index (κ2) is 5.69. The van der Waals surface area contributed by atoms with Gasteiger partial charge in [0.25, 0.3) is 0 Å². The molecule has 0 atom stereocenters. The number of thiophene rings is 1. The van der Waals surface area contributed by atoms with Crippen LogP contribution in [0.15, 0.2) is 16.9 Å². The van der Waals surface area contributed by atoms with Gasteiger partial charge in [-0.1, -0.05) is 13.8 Å². The highest BCUT2D eigenvalue weighted by atomic mass is 32.2. The predicted molar refractivity (Wildman–Crippen MR) is 81.7 cm³/mol. The van der Waals surface area contributed by atoms with Gasteiger partial charge >= 0.3 is 0 Å². The number of aryl methyl sites for hydroxylation is 1. The van der Waals surface area contributed by atoms with Crippen LogP contribution in [0.4, 0.5) is 0 Å². The fourth-order valence-corrected chi connectivity index (χ4v) is 4.54. The minimum atomic E-state index is 0.456. The quantitative estimate of drug-likeness (QED) is 0.933. The minimum Gasteiger partial charge on any atom is -0.442 e. The van der Waals surface area contributed by atoms with Gasteiger partial charge in [0, 0.05) is 23.2 Å². The first-order valence-electron chi connectivity index (χ1n) is 6.59. The summed E-state index contributed by atoms with van der Waals surface area (Å²) in [6, 6.07) is 2.74. The van der Waals surface area contributed by atoms with Crippen molar-refractivity contribution in [1.29, 1.82) is 0 Å². The lowest BCUT2D eigenvalue weighted by molar-refractivity contribution is 0.564. The van der Waals surface area contributed by atoms with Gasteiger partial charge < -0.3 is 9.73 Å². The molecule has 0 radical (unpaired) electrons. The van der Waals surface area contributed by atoms with Crippen LogP contribution in [-0.2, 0) is 18.7 Å². The zero-order valence-corrected chi connectivity index (χ0v) is 12.9. The molecule has 1 aliphatic heterocycles. The predicted octanol–water partition coefficient (Wildman–Crippen LogP) is 3.69. The van der Waals surface area contributed by atoms with Gasteiger partial charge in [-0.3, -0.25) is 0 Å². The third-order valence-electron chi connectivity index (χ3n) is 3.17. The summed E-state index contributed by atoms with van der Waals surface area (Å²) in [5.41, 5.74) is 2.50. The zero-order valence-electron chi connectivity index (χ0n) is 11.2. The van der Waals surface area contributed by atoms with Crippen molar-refractivity contribution in [3.8, 4) is 10.6 Å². The first kappa shape index (κ1) is 13.2. The van der Waals surface area contributed by atoms with Gasteiger partial charge in [-0.25, -0.2) is 4.98 Å². The van der Waals surface area contributed by atoms with E-state index in [1.165, 1.54) is 27.5 Å². The van der Waals surface area contributed by atoms with E-state index in [1.807, 2.05) is 23.1 Å². The van der Waals surface area contributed by atoms with E-state index in [2.05, 4.69) is 30.2 Å². The molecule has 1 aliphatic rings. The molecule has 102 valence electrons. The molecule has 19 heavy (non-hydrogen) atoms. The molecule has 0 unspecified atom stereocenters. The van der Waals surface area contributed by atoms with E-state index in [-0.39, 0.29) is 0 Å². The Morgan fingerprint density at radius 3 is 3.16 bits per heavy atom. The Morgan fingerprint density at radius 1 is 1.47 bits per heavy atom. The maximum Gasteiger partial charge on any atom is 0.181 e. The van der Waals surface area contributed by atoms with E-state index in [1.54, 1.807) is 6.39 Å². The fourth-order valence-electron chi connectivity index (χ4n) is 2.16. The van der Waals surface area contributed by atoms with Crippen LogP contribution in [0.3, 0.4) is 0 Å². The summed E-state index contributed by atoms with van der Waals surface area (Å²) in [6.45, 7) is 5.04. The maximum absolute atomic E-state index is 5.61. The van der Waals surface area contributed by atoms with Crippen molar-refractivity contribution in [1.82, 2.24) is 10.3 Å². The summed E-state index contributed by atoms with van der Waals surface area (Å²) in [6.07, 6.45) is 2.75. The molecule has 0 amide bonds. The van der Waals surface area contributed by atoms with Gasteiger partial charge in [0.2, 0.25) is 0 Å². The number of rotatable bonds is 4. The molecule has 0 aromatic carbocycles. The van der Waals surface area contributed by atoms with Crippen LogP contribution in [0.1, 0.15) is 30.0 Å². The van der Waals surface area contributed by atoms with Crippen LogP contribution in [0, 0.1) is 0 Å². The maximum atomic E-state index is 5.61. The van der Waals surface area contributed by atoms with Gasteiger partial charge in [0.05, 0.1) is 4.88 Å². The molecule has 0 fully saturated rings. The highest BCUT2D eigenvalue weighted by molar-refractivity contribution is 7.98. The second-order valence-corrected chi connectivity index (χ2v) is 7.27. The van der Waals surface area contributed by atoms with Crippen molar-refractivity contribution in [3.05, 3.63) is 28.6 Å². The van der Waals surface area contributed by atoms with Crippen LogP contribution in [0.5, 0.6) is 0 Å². The average Bonchev–Trinajstić information content (AvgIpc) is 3.02. The number of nitrogens with one attached hydrogen (secondary N) is 1. The number of thioether (sulfide) groups is 1. The number of oxazole rings is 1. The molecule has 0 aliphatic carbocycles. The summed E-state index contributed by atoms with van der Waals surface area (Å²) in [5, 5.41) is 3.40. The van der Waals surface area contributed by atoms with Gasteiger partial charge in [0.1, 0.15) is 5.69 Å². The molecule has 0 saturated carbocycles. The van der Waals surface area contributed by atoms with Crippen molar-refractivity contribution in [2.45, 2.75) is 38.6 Å². The number of fused-ring (bicyclic) bond motifs is 1. The van der Waals surface area contributed by atoms with E-state index in [9.17, 15) is 0 Å². The molecule has 0 saturated heterocycles. The first-order valence-corrected chi connectivity index (χ1v) is 8.56. The molecular formula is C14H18N2OS2. The Kier molecular flexibility index (Phi) is 3.96. The van der Waals surface area contributed by atoms with Gasteiger partial charge in [-0.05, 0) is 23.8 Å². The third-order valence-corrected chi connectivity index (χ3v) is 5.41. The van der Waals surface area contributed by atoms with Crippen LogP contribution in [0.25, 0.3) is 10.6 Å². The Bertz CT molecular complexity index is 536. The highest BCUT2D eigenvalue weighted by Crippen LogP contribution is 2.37. The Labute approximate surface area is 121 Å². The van der Waals surface area contributed by atoms with Crippen molar-refractivity contribution in [3.63, 3.8) is 0 Å². The van der Waals surface area contributed by atoms with E-state index in [0.29, 0.717) is 6.04 Å². The van der Waals surface area contributed by atoms with Crippen molar-refractivity contribution < 1.29 is 4.42 Å². The Balaban J connectivity index is 1.85. The first-order chi connectivity index (χ1) is 9.24. The van der Waals surface area contributed by atoms with Gasteiger partial charge in [0.15, 0.2) is 12.2 Å². The second-order valence-electron chi connectivity index (χ2n) is 5.03. The standard InChI is InChI=1S/C14H18N2OS2/c1-9(2)15-6-11-14(17-8-16-11)13-5-10-7-18-4-3-12(10)19-13/h5,8-9,15H,3-4,6-7H2,1-2H3. The molecule has 0 bridgehead atoms. The molecule has 3 rings (SSSR count). The van der Waals surface area contributed by atoms with Crippen molar-refractivity contribution >= 4 is 23.1 Å². The lowest BCUT2D eigenvalue weighted by Gasteiger charge is -2.08. The van der Waals surface area contributed by atoms with E-state index in [4.69, 9.17) is 4.42 Å². The summed E-state index contributed by atoms with van der Waals surface area (Å²) in [4.78, 5) is 7.09. The monoisotopic (exact) mass is 294 g/mol.